The minimum absolute atomic E-state index is 0.0958. The zero-order valence-electron chi connectivity index (χ0n) is 10.6. The third kappa shape index (κ3) is 3.59. The first kappa shape index (κ1) is 13.8. The van der Waals surface area contributed by atoms with E-state index in [1.807, 2.05) is 0 Å². The maximum atomic E-state index is 11.9. The normalized spacial score (nSPS) is 19.9. The summed E-state index contributed by atoms with van der Waals surface area (Å²) in [5.41, 5.74) is 0. The molecule has 0 aromatic carbocycles. The van der Waals surface area contributed by atoms with E-state index in [4.69, 9.17) is 9.57 Å². The molecular formula is C11H20N2O4. The molecule has 1 aliphatic heterocycles. The van der Waals surface area contributed by atoms with E-state index in [1.165, 1.54) is 12.2 Å². The van der Waals surface area contributed by atoms with Crippen molar-refractivity contribution in [3.05, 3.63) is 0 Å². The van der Waals surface area contributed by atoms with Gasteiger partial charge in [-0.2, -0.15) is 0 Å². The zero-order chi connectivity index (χ0) is 12.8. The molecule has 0 aliphatic carbocycles. The molecule has 1 heterocycles. The van der Waals surface area contributed by atoms with Crippen molar-refractivity contribution in [3.63, 3.8) is 0 Å². The fourth-order valence-corrected chi connectivity index (χ4v) is 1.91. The monoisotopic (exact) mass is 244 g/mol. The second-order valence-corrected chi connectivity index (χ2v) is 4.00. The van der Waals surface area contributed by atoms with Crippen molar-refractivity contribution in [3.8, 4) is 0 Å². The van der Waals surface area contributed by atoms with Crippen molar-refractivity contribution in [2.24, 2.45) is 5.92 Å². The summed E-state index contributed by atoms with van der Waals surface area (Å²) in [6.45, 7) is 3.18. The van der Waals surface area contributed by atoms with Gasteiger partial charge in [0.15, 0.2) is 0 Å². The summed E-state index contributed by atoms with van der Waals surface area (Å²) in [6.07, 6.45) is 1.25. The van der Waals surface area contributed by atoms with Crippen molar-refractivity contribution in [1.82, 2.24) is 9.96 Å². The quantitative estimate of drug-likeness (QED) is 0.691. The highest BCUT2D eigenvalue weighted by molar-refractivity contribution is 5.79. The third-order valence-corrected chi connectivity index (χ3v) is 2.88. The molecule has 0 N–H and O–H groups in total. The number of likely N-dealkylation sites (tertiary alicyclic amines) is 1. The van der Waals surface area contributed by atoms with Crippen molar-refractivity contribution in [1.29, 1.82) is 0 Å². The number of piperidine rings is 1. The Kier molecular flexibility index (Phi) is 5.21. The Morgan fingerprint density at radius 3 is 2.76 bits per heavy atom. The summed E-state index contributed by atoms with van der Waals surface area (Å²) in [4.78, 5) is 29.9. The molecule has 1 aliphatic rings. The Labute approximate surface area is 101 Å². The number of carbonyl (C=O) groups is 2. The number of nitrogens with zero attached hydrogens (tertiary/aromatic N) is 2. The number of carbonyl (C=O) groups excluding carboxylic acids is 2. The summed E-state index contributed by atoms with van der Waals surface area (Å²) >= 11 is 0. The molecule has 1 atom stereocenters. The minimum Gasteiger partial charge on any atom is -0.450 e. The van der Waals surface area contributed by atoms with Gasteiger partial charge >= 0.3 is 6.09 Å². The average Bonchev–Trinajstić information content (AvgIpc) is 2.37. The van der Waals surface area contributed by atoms with E-state index in [0.717, 1.165) is 12.8 Å². The fourth-order valence-electron chi connectivity index (χ4n) is 1.91. The molecule has 1 rings (SSSR count). The molecule has 1 saturated heterocycles. The molecule has 2 amide bonds. The lowest BCUT2D eigenvalue weighted by Crippen LogP contribution is -2.45. The topological polar surface area (TPSA) is 59.1 Å². The van der Waals surface area contributed by atoms with Crippen molar-refractivity contribution >= 4 is 12.0 Å². The van der Waals surface area contributed by atoms with Gasteiger partial charge in [0.25, 0.3) is 5.91 Å². The van der Waals surface area contributed by atoms with Crippen LogP contribution in [0, 0.1) is 5.92 Å². The molecule has 0 aromatic heterocycles. The Balaban J connectivity index is 2.54. The molecule has 0 saturated carbocycles. The molecule has 0 spiro atoms. The number of hydrogen-bond donors (Lipinski definition) is 0. The largest absolute Gasteiger partial charge is 0.450 e. The molecule has 1 unspecified atom stereocenters. The number of hydrogen-bond acceptors (Lipinski definition) is 4. The van der Waals surface area contributed by atoms with Crippen LogP contribution in [0.2, 0.25) is 0 Å². The summed E-state index contributed by atoms with van der Waals surface area (Å²) in [5, 5.41) is 1.21. The predicted molar refractivity (Wildman–Crippen MR) is 61.1 cm³/mol. The van der Waals surface area contributed by atoms with Crippen LogP contribution >= 0.6 is 0 Å². The van der Waals surface area contributed by atoms with Crippen LogP contribution in [0.4, 0.5) is 4.79 Å². The van der Waals surface area contributed by atoms with Gasteiger partial charge in [0.05, 0.1) is 19.6 Å². The van der Waals surface area contributed by atoms with E-state index in [2.05, 4.69) is 0 Å². The van der Waals surface area contributed by atoms with Crippen molar-refractivity contribution in [2.45, 2.75) is 19.8 Å². The molecule has 1 fully saturated rings. The standard InChI is InChI=1S/C11H20N2O4/c1-4-17-11(15)13-7-5-6-9(8-13)10(14)12(2)16-3/h9H,4-8H2,1-3H3. The lowest BCUT2D eigenvalue weighted by Gasteiger charge is -2.32. The van der Waals surface area contributed by atoms with Crippen LogP contribution in [0.25, 0.3) is 0 Å². The first-order valence-electron chi connectivity index (χ1n) is 5.83. The summed E-state index contributed by atoms with van der Waals surface area (Å²) in [7, 11) is 3.02. The highest BCUT2D eigenvalue weighted by Gasteiger charge is 2.30. The lowest BCUT2D eigenvalue weighted by molar-refractivity contribution is -0.174. The maximum Gasteiger partial charge on any atom is 0.409 e. The number of hydroxylamine groups is 2. The van der Waals surface area contributed by atoms with Crippen molar-refractivity contribution in [2.75, 3.05) is 33.9 Å². The first-order chi connectivity index (χ1) is 8.10. The number of ether oxygens (including phenoxy) is 1. The van der Waals surface area contributed by atoms with E-state index in [-0.39, 0.29) is 17.9 Å². The molecule has 0 aromatic rings. The Bertz CT molecular complexity index is 283. The second-order valence-electron chi connectivity index (χ2n) is 4.00. The molecule has 17 heavy (non-hydrogen) atoms. The van der Waals surface area contributed by atoms with E-state index in [1.54, 1.807) is 18.9 Å². The molecular weight excluding hydrogens is 224 g/mol. The molecule has 6 heteroatoms. The average molecular weight is 244 g/mol. The molecule has 0 bridgehead atoms. The van der Waals surface area contributed by atoms with Crippen LogP contribution in [0.1, 0.15) is 19.8 Å². The first-order valence-corrected chi connectivity index (χ1v) is 5.83. The third-order valence-electron chi connectivity index (χ3n) is 2.88. The van der Waals surface area contributed by atoms with E-state index >= 15 is 0 Å². The number of rotatable bonds is 3. The predicted octanol–water partition coefficient (Wildman–Crippen LogP) is 0.875. The van der Waals surface area contributed by atoms with Crippen LogP contribution in [0.5, 0.6) is 0 Å². The second kappa shape index (κ2) is 6.44. The zero-order valence-corrected chi connectivity index (χ0v) is 10.6. The highest BCUT2D eigenvalue weighted by Crippen LogP contribution is 2.19. The van der Waals surface area contributed by atoms with Gasteiger partial charge in [0, 0.05) is 20.1 Å². The Morgan fingerprint density at radius 1 is 1.47 bits per heavy atom. The van der Waals surface area contributed by atoms with Crippen LogP contribution in [-0.2, 0) is 14.4 Å². The maximum absolute atomic E-state index is 11.9. The van der Waals surface area contributed by atoms with Gasteiger partial charge in [-0.15, -0.1) is 0 Å². The van der Waals surface area contributed by atoms with Crippen LogP contribution < -0.4 is 0 Å². The lowest BCUT2D eigenvalue weighted by atomic mass is 9.97. The SMILES string of the molecule is CCOC(=O)N1CCCC(C(=O)N(C)OC)C1. The smallest absolute Gasteiger partial charge is 0.409 e. The Hall–Kier alpha value is -1.30. The molecule has 98 valence electrons. The van der Waals surface area contributed by atoms with Crippen LogP contribution in [-0.4, -0.2) is 55.8 Å². The van der Waals surface area contributed by atoms with Crippen LogP contribution in [0.3, 0.4) is 0 Å². The minimum atomic E-state index is -0.343. The number of amides is 2. The highest BCUT2D eigenvalue weighted by atomic mass is 16.7. The Morgan fingerprint density at radius 2 is 2.18 bits per heavy atom. The summed E-state index contributed by atoms with van der Waals surface area (Å²) in [5.74, 6) is -0.292. The molecule has 6 nitrogen and oxygen atoms in total. The van der Waals surface area contributed by atoms with Gasteiger partial charge in [0.1, 0.15) is 0 Å². The summed E-state index contributed by atoms with van der Waals surface area (Å²) < 4.78 is 4.93. The van der Waals surface area contributed by atoms with Gasteiger partial charge in [-0.05, 0) is 19.8 Å². The van der Waals surface area contributed by atoms with Crippen LogP contribution in [0.15, 0.2) is 0 Å². The summed E-state index contributed by atoms with van der Waals surface area (Å²) in [6, 6.07) is 0. The van der Waals surface area contributed by atoms with Gasteiger partial charge in [-0.1, -0.05) is 0 Å². The molecule has 0 radical (unpaired) electrons. The fraction of sp³-hybridized carbons (Fsp3) is 0.818. The van der Waals surface area contributed by atoms with E-state index in [9.17, 15) is 9.59 Å². The van der Waals surface area contributed by atoms with Gasteiger partial charge < -0.3 is 9.64 Å². The van der Waals surface area contributed by atoms with E-state index in [0.29, 0.717) is 19.7 Å². The van der Waals surface area contributed by atoms with Crippen molar-refractivity contribution < 1.29 is 19.2 Å². The van der Waals surface area contributed by atoms with E-state index < -0.39 is 0 Å². The van der Waals surface area contributed by atoms with Gasteiger partial charge in [0.2, 0.25) is 0 Å². The van der Waals surface area contributed by atoms with Gasteiger partial charge in [-0.3, -0.25) is 9.63 Å². The van der Waals surface area contributed by atoms with Gasteiger partial charge in [-0.25, -0.2) is 9.86 Å².